The minimum Gasteiger partial charge on any atom is -0.493 e. The van der Waals surface area contributed by atoms with Gasteiger partial charge < -0.3 is 38.3 Å². The van der Waals surface area contributed by atoms with Crippen LogP contribution >= 0.6 is 0 Å². The zero-order valence-corrected chi connectivity index (χ0v) is 24.8. The quantitative estimate of drug-likeness (QED) is 0.262. The molecule has 4 rings (SSSR count). The number of benzene rings is 3. The second-order valence-corrected chi connectivity index (χ2v) is 10.3. The van der Waals surface area contributed by atoms with Gasteiger partial charge in [0.25, 0.3) is 0 Å². The molecule has 8 nitrogen and oxygen atoms in total. The van der Waals surface area contributed by atoms with Gasteiger partial charge in [0.2, 0.25) is 0 Å². The molecule has 0 radical (unpaired) electrons. The summed E-state index contributed by atoms with van der Waals surface area (Å²) >= 11 is 0. The van der Waals surface area contributed by atoms with Crippen molar-refractivity contribution >= 4 is 0 Å². The summed E-state index contributed by atoms with van der Waals surface area (Å²) in [5.41, 5.74) is 3.01. The van der Waals surface area contributed by atoms with E-state index in [1.54, 1.807) is 42.7 Å². The van der Waals surface area contributed by atoms with Gasteiger partial charge in [0, 0.05) is 5.92 Å². The molecular formula is C33H42O8. The third-order valence-electron chi connectivity index (χ3n) is 7.94. The molecule has 1 aliphatic rings. The van der Waals surface area contributed by atoms with Crippen LogP contribution < -0.4 is 28.4 Å². The van der Waals surface area contributed by atoms with E-state index in [9.17, 15) is 5.11 Å². The summed E-state index contributed by atoms with van der Waals surface area (Å²) in [6, 6.07) is 17.6. The number of aliphatic hydroxyl groups is 1. The molecule has 0 saturated carbocycles. The SMILES string of the molecule is COc1ccc(CCC[C@@H]2C[C@@H]([C@@H](O)c3ccc(OC)c(OC)c3)CO[C@H]2c2ccc(OC)c(OC)c2)cc1OC. The van der Waals surface area contributed by atoms with E-state index in [4.69, 9.17) is 33.2 Å². The maximum atomic E-state index is 11.4. The lowest BCUT2D eigenvalue weighted by Gasteiger charge is -2.39. The third kappa shape index (κ3) is 7.00. The van der Waals surface area contributed by atoms with Gasteiger partial charge in [0.15, 0.2) is 34.5 Å². The van der Waals surface area contributed by atoms with E-state index in [0.717, 1.165) is 48.3 Å². The molecule has 4 atom stereocenters. The molecule has 3 aromatic rings. The molecule has 1 saturated heterocycles. The number of hydrogen-bond acceptors (Lipinski definition) is 8. The van der Waals surface area contributed by atoms with Crippen molar-refractivity contribution in [2.24, 2.45) is 11.8 Å². The van der Waals surface area contributed by atoms with Crippen LogP contribution in [0.4, 0.5) is 0 Å². The van der Waals surface area contributed by atoms with Crippen molar-refractivity contribution in [2.45, 2.75) is 37.9 Å². The fourth-order valence-electron chi connectivity index (χ4n) is 5.74. The van der Waals surface area contributed by atoms with Gasteiger partial charge >= 0.3 is 0 Å². The van der Waals surface area contributed by atoms with E-state index >= 15 is 0 Å². The molecule has 0 bridgehead atoms. The molecule has 1 N–H and O–H groups in total. The monoisotopic (exact) mass is 566 g/mol. The van der Waals surface area contributed by atoms with Gasteiger partial charge in [0.1, 0.15) is 0 Å². The van der Waals surface area contributed by atoms with E-state index in [2.05, 4.69) is 6.07 Å². The largest absolute Gasteiger partial charge is 0.493 e. The number of aryl methyl sites for hydroxylation is 1. The minimum atomic E-state index is -0.700. The van der Waals surface area contributed by atoms with E-state index in [1.165, 1.54) is 5.56 Å². The Kier molecular flexibility index (Phi) is 10.6. The van der Waals surface area contributed by atoms with Crippen molar-refractivity contribution in [1.82, 2.24) is 0 Å². The number of rotatable bonds is 13. The van der Waals surface area contributed by atoms with Crippen LogP contribution in [0.3, 0.4) is 0 Å². The second-order valence-electron chi connectivity index (χ2n) is 10.3. The van der Waals surface area contributed by atoms with Crippen molar-refractivity contribution in [2.75, 3.05) is 49.3 Å². The molecule has 222 valence electrons. The molecule has 0 amide bonds. The Morgan fingerprint density at radius 1 is 0.707 bits per heavy atom. The smallest absolute Gasteiger partial charge is 0.161 e. The van der Waals surface area contributed by atoms with Crippen molar-refractivity contribution < 1.29 is 38.3 Å². The fourth-order valence-corrected chi connectivity index (χ4v) is 5.74. The summed E-state index contributed by atoms with van der Waals surface area (Å²) in [5, 5.41) is 11.4. The molecule has 3 aromatic carbocycles. The van der Waals surface area contributed by atoms with Crippen LogP contribution in [0, 0.1) is 11.8 Å². The van der Waals surface area contributed by atoms with Crippen LogP contribution in [0.25, 0.3) is 0 Å². The topological polar surface area (TPSA) is 84.8 Å². The van der Waals surface area contributed by atoms with Crippen LogP contribution in [0.5, 0.6) is 34.5 Å². The molecule has 0 spiro atoms. The Hall–Kier alpha value is -3.62. The molecule has 1 aliphatic heterocycles. The summed E-state index contributed by atoms with van der Waals surface area (Å²) in [7, 11) is 9.76. The lowest BCUT2D eigenvalue weighted by molar-refractivity contribution is -0.0931. The molecule has 0 unspecified atom stereocenters. The number of aliphatic hydroxyl groups excluding tert-OH is 1. The van der Waals surface area contributed by atoms with E-state index < -0.39 is 6.10 Å². The minimum absolute atomic E-state index is 0.0735. The lowest BCUT2D eigenvalue weighted by atomic mass is 9.78. The van der Waals surface area contributed by atoms with Gasteiger partial charge in [-0.05, 0) is 84.7 Å². The zero-order valence-electron chi connectivity index (χ0n) is 24.8. The van der Waals surface area contributed by atoms with Crippen LogP contribution in [0.2, 0.25) is 0 Å². The number of methoxy groups -OCH3 is 6. The van der Waals surface area contributed by atoms with E-state index in [1.807, 2.05) is 48.5 Å². The highest BCUT2D eigenvalue weighted by Gasteiger charge is 2.36. The van der Waals surface area contributed by atoms with Crippen molar-refractivity contribution in [1.29, 1.82) is 0 Å². The first-order valence-corrected chi connectivity index (χ1v) is 13.9. The molecular weight excluding hydrogens is 524 g/mol. The average molecular weight is 567 g/mol. The standard InChI is InChI=1S/C33H42O8/c1-35-26-13-10-21(16-29(26)38-4)8-7-9-23-17-25(32(34)22-11-14-27(36-2)30(18-22)39-5)20-41-33(23)24-12-15-28(37-3)31(19-24)40-6/h10-16,18-19,23,25,32-34H,7-9,17,20H2,1-6H3/t23-,25-,32+,33-/m1/s1. The Bertz CT molecular complexity index is 1280. The lowest BCUT2D eigenvalue weighted by Crippen LogP contribution is -2.32. The summed E-state index contributed by atoms with van der Waals surface area (Å²) in [4.78, 5) is 0. The van der Waals surface area contributed by atoms with Crippen LogP contribution in [0.15, 0.2) is 54.6 Å². The maximum absolute atomic E-state index is 11.4. The number of hydrogen-bond donors (Lipinski definition) is 1. The Labute approximate surface area is 243 Å². The van der Waals surface area contributed by atoms with Crippen molar-refractivity contribution in [3.05, 3.63) is 71.3 Å². The predicted molar refractivity (Wildman–Crippen MR) is 157 cm³/mol. The Morgan fingerprint density at radius 3 is 1.90 bits per heavy atom. The van der Waals surface area contributed by atoms with E-state index in [0.29, 0.717) is 29.6 Å². The van der Waals surface area contributed by atoms with Crippen molar-refractivity contribution in [3.8, 4) is 34.5 Å². The third-order valence-corrected chi connectivity index (χ3v) is 7.94. The van der Waals surface area contributed by atoms with Crippen LogP contribution in [-0.2, 0) is 11.2 Å². The zero-order chi connectivity index (χ0) is 29.4. The summed E-state index contributed by atoms with van der Waals surface area (Å²) in [5.74, 6) is 4.13. The molecule has 1 heterocycles. The summed E-state index contributed by atoms with van der Waals surface area (Å²) in [6.07, 6.45) is 2.73. The number of ether oxygens (including phenoxy) is 7. The van der Waals surface area contributed by atoms with Gasteiger partial charge in [-0.1, -0.05) is 18.2 Å². The first-order valence-electron chi connectivity index (χ1n) is 13.9. The Morgan fingerprint density at radius 2 is 1.27 bits per heavy atom. The van der Waals surface area contributed by atoms with Gasteiger partial charge in [0.05, 0.1) is 61.5 Å². The first-order chi connectivity index (χ1) is 20.0. The van der Waals surface area contributed by atoms with Gasteiger partial charge in [-0.25, -0.2) is 0 Å². The summed E-state index contributed by atoms with van der Waals surface area (Å²) in [6.45, 7) is 0.431. The first kappa shape index (κ1) is 30.3. The highest BCUT2D eigenvalue weighted by Crippen LogP contribution is 2.45. The normalized spacial score (nSPS) is 19.2. The second kappa shape index (κ2) is 14.3. The average Bonchev–Trinajstić information content (AvgIpc) is 3.03. The maximum Gasteiger partial charge on any atom is 0.161 e. The van der Waals surface area contributed by atoms with E-state index in [-0.39, 0.29) is 17.9 Å². The molecule has 1 fully saturated rings. The molecule has 0 aromatic heterocycles. The van der Waals surface area contributed by atoms with Gasteiger partial charge in [-0.15, -0.1) is 0 Å². The van der Waals surface area contributed by atoms with Gasteiger partial charge in [-0.3, -0.25) is 0 Å². The van der Waals surface area contributed by atoms with Crippen LogP contribution in [0.1, 0.15) is 48.2 Å². The summed E-state index contributed by atoms with van der Waals surface area (Å²) < 4.78 is 39.3. The Balaban J connectivity index is 1.54. The predicted octanol–water partition coefficient (Wildman–Crippen LogP) is 6.19. The molecule has 8 heteroatoms. The fraction of sp³-hybridized carbons (Fsp3) is 0.455. The highest BCUT2D eigenvalue weighted by atomic mass is 16.5. The van der Waals surface area contributed by atoms with Crippen molar-refractivity contribution in [3.63, 3.8) is 0 Å². The van der Waals surface area contributed by atoms with Gasteiger partial charge in [-0.2, -0.15) is 0 Å². The molecule has 0 aliphatic carbocycles. The highest BCUT2D eigenvalue weighted by molar-refractivity contribution is 5.45. The van der Waals surface area contributed by atoms with Crippen LogP contribution in [-0.4, -0.2) is 54.4 Å². The molecule has 41 heavy (non-hydrogen) atoms.